The van der Waals surface area contributed by atoms with Gasteiger partial charge in [0, 0.05) is 6.08 Å². The highest BCUT2D eigenvalue weighted by Crippen LogP contribution is 2.25. The topological polar surface area (TPSA) is 38.3 Å². The molecular weight excluding hydrogens is 250 g/mol. The van der Waals surface area contributed by atoms with E-state index in [0.717, 1.165) is 6.08 Å². The number of rotatable bonds is 2. The minimum absolute atomic E-state index is 0. The van der Waals surface area contributed by atoms with Crippen LogP contribution in [0.2, 0.25) is 0 Å². The number of ether oxygens (including phenoxy) is 1. The molecule has 0 saturated carbocycles. The smallest absolute Gasteiger partial charge is 0.330 e. The Morgan fingerprint density at radius 1 is 1.39 bits per heavy atom. The Bertz CT molecular complexity index is 332. The Morgan fingerprint density at radius 2 is 1.83 bits per heavy atom. The van der Waals surface area contributed by atoms with Gasteiger partial charge in [-0.25, -0.2) is 4.79 Å². The first-order valence-electron chi connectivity index (χ1n) is 5.64. The number of benzene rings is 1. The van der Waals surface area contributed by atoms with Crippen molar-refractivity contribution < 1.29 is 9.53 Å². The van der Waals surface area contributed by atoms with Crippen LogP contribution >= 0.6 is 12.4 Å². The molecule has 0 saturated heterocycles. The number of hydrogen-bond donors (Lipinski definition) is 1. The van der Waals surface area contributed by atoms with Gasteiger partial charge < -0.3 is 10.1 Å². The van der Waals surface area contributed by atoms with E-state index in [9.17, 15) is 4.79 Å². The maximum absolute atomic E-state index is 10.1. The Balaban J connectivity index is 0. The van der Waals surface area contributed by atoms with Gasteiger partial charge in [-0.2, -0.15) is 0 Å². The van der Waals surface area contributed by atoms with Crippen LogP contribution in [-0.4, -0.2) is 26.7 Å². The minimum atomic E-state index is -0.359. The summed E-state index contributed by atoms with van der Waals surface area (Å²) in [5.41, 5.74) is 3.06. The Morgan fingerprint density at radius 3 is 2.06 bits per heavy atom. The zero-order chi connectivity index (χ0) is 13.1. The molecule has 0 fully saturated rings. The molecule has 0 atom stereocenters. The Hall–Kier alpha value is -1.32. The van der Waals surface area contributed by atoms with Crippen molar-refractivity contribution in [3.63, 3.8) is 0 Å². The lowest BCUT2D eigenvalue weighted by molar-refractivity contribution is -0.137. The number of carbonyl (C=O) groups is 1. The monoisotopic (exact) mass is 271 g/mol. The summed E-state index contributed by atoms with van der Waals surface area (Å²) in [6, 6.07) is 8.53. The molecule has 3 nitrogen and oxygen atoms in total. The first-order valence-corrected chi connectivity index (χ1v) is 5.64. The van der Waals surface area contributed by atoms with Crippen LogP contribution in [0.25, 0.3) is 0 Å². The largest absolute Gasteiger partial charge is 0.463 e. The summed E-state index contributed by atoms with van der Waals surface area (Å²) < 4.78 is 4.43. The van der Waals surface area contributed by atoms with Gasteiger partial charge in [0.15, 0.2) is 0 Å². The predicted molar refractivity (Wildman–Crippen MR) is 78.3 cm³/mol. The molecule has 0 bridgehead atoms. The van der Waals surface area contributed by atoms with E-state index in [1.807, 2.05) is 14.1 Å². The molecule has 1 N–H and O–H groups in total. The van der Waals surface area contributed by atoms with Gasteiger partial charge in [0.25, 0.3) is 0 Å². The van der Waals surface area contributed by atoms with Crippen molar-refractivity contribution in [2.45, 2.75) is 13.3 Å². The van der Waals surface area contributed by atoms with Crippen LogP contribution in [0.15, 0.2) is 36.9 Å². The van der Waals surface area contributed by atoms with E-state index < -0.39 is 0 Å². The maximum atomic E-state index is 10.1. The van der Waals surface area contributed by atoms with Gasteiger partial charge in [0.1, 0.15) is 0 Å². The Kier molecular flexibility index (Phi) is 12.8. The molecule has 0 aliphatic heterocycles. The SMILES string of the molecule is C=CC(=O)OCC.CNC.Cl.c1ccc2c(c1)C2. The summed E-state index contributed by atoms with van der Waals surface area (Å²) in [4.78, 5) is 10.1. The van der Waals surface area contributed by atoms with E-state index in [2.05, 4.69) is 40.9 Å². The van der Waals surface area contributed by atoms with E-state index in [4.69, 9.17) is 0 Å². The van der Waals surface area contributed by atoms with E-state index >= 15 is 0 Å². The second-order valence-electron chi connectivity index (χ2n) is 3.40. The van der Waals surface area contributed by atoms with Crippen molar-refractivity contribution in [3.05, 3.63) is 48.0 Å². The molecule has 0 aromatic heterocycles. The zero-order valence-electron chi connectivity index (χ0n) is 11.2. The van der Waals surface area contributed by atoms with Crippen LogP contribution < -0.4 is 5.32 Å². The number of hydrogen-bond acceptors (Lipinski definition) is 3. The van der Waals surface area contributed by atoms with Crippen LogP contribution in [0.1, 0.15) is 18.1 Å². The fourth-order valence-electron chi connectivity index (χ4n) is 1.04. The van der Waals surface area contributed by atoms with Gasteiger partial charge in [0.2, 0.25) is 0 Å². The van der Waals surface area contributed by atoms with E-state index in [1.165, 1.54) is 17.5 Å². The minimum Gasteiger partial charge on any atom is -0.463 e. The molecular formula is C14H22ClNO2. The summed E-state index contributed by atoms with van der Waals surface area (Å²) in [6.07, 6.45) is 2.39. The van der Waals surface area contributed by atoms with Crippen LogP contribution in [0.3, 0.4) is 0 Å². The average Bonchev–Trinajstić information content (AvgIpc) is 3.10. The third kappa shape index (κ3) is 9.87. The molecule has 1 aliphatic rings. The van der Waals surface area contributed by atoms with Crippen LogP contribution in [-0.2, 0) is 16.0 Å². The van der Waals surface area contributed by atoms with Crippen molar-refractivity contribution >= 4 is 18.4 Å². The predicted octanol–water partition coefficient (Wildman–Crippen LogP) is 2.58. The van der Waals surface area contributed by atoms with Gasteiger partial charge >= 0.3 is 5.97 Å². The van der Waals surface area contributed by atoms with Gasteiger partial charge in [-0.3, -0.25) is 0 Å². The molecule has 1 aromatic carbocycles. The van der Waals surface area contributed by atoms with Crippen LogP contribution in [0.4, 0.5) is 0 Å². The molecule has 0 spiro atoms. The molecule has 4 heteroatoms. The summed E-state index contributed by atoms with van der Waals surface area (Å²) in [5.74, 6) is -0.359. The lowest BCUT2D eigenvalue weighted by atomic mass is 10.4. The first kappa shape index (κ1) is 19.0. The average molecular weight is 272 g/mol. The fourth-order valence-corrected chi connectivity index (χ4v) is 1.04. The van der Waals surface area contributed by atoms with Crippen LogP contribution in [0, 0.1) is 0 Å². The summed E-state index contributed by atoms with van der Waals surface area (Å²) >= 11 is 0. The standard InChI is InChI=1S/C7H6.C5H8O2.C2H7N.ClH/c1-2-4-7-5-6(7)3-1;1-3-5(6)7-4-2;1-3-2;/h1-4H,5H2;3H,1,4H2,2H3;3H,1-2H3;1H. The van der Waals surface area contributed by atoms with E-state index in [1.54, 1.807) is 6.92 Å². The second-order valence-corrected chi connectivity index (χ2v) is 3.40. The van der Waals surface area contributed by atoms with Crippen molar-refractivity contribution in [1.82, 2.24) is 5.32 Å². The third-order valence-electron chi connectivity index (χ3n) is 1.83. The molecule has 0 radical (unpaired) electrons. The molecule has 1 aliphatic carbocycles. The number of fused-ring (bicyclic) bond motifs is 1. The number of nitrogens with one attached hydrogen (secondary N) is 1. The quantitative estimate of drug-likeness (QED) is 0.674. The van der Waals surface area contributed by atoms with Crippen LogP contribution in [0.5, 0.6) is 0 Å². The lowest BCUT2D eigenvalue weighted by Gasteiger charge is -1.90. The molecule has 0 unspecified atom stereocenters. The summed E-state index contributed by atoms with van der Waals surface area (Å²) in [6.45, 7) is 5.38. The number of carbonyl (C=O) groups excluding carboxylic acids is 1. The fraction of sp³-hybridized carbons (Fsp3) is 0.357. The summed E-state index contributed by atoms with van der Waals surface area (Å²) in [7, 11) is 3.75. The van der Waals surface area contributed by atoms with Gasteiger partial charge in [-0.15, -0.1) is 12.4 Å². The van der Waals surface area contributed by atoms with E-state index in [-0.39, 0.29) is 18.4 Å². The lowest BCUT2D eigenvalue weighted by Crippen LogP contribution is -1.97. The highest BCUT2D eigenvalue weighted by molar-refractivity contribution is 5.85. The molecule has 18 heavy (non-hydrogen) atoms. The van der Waals surface area contributed by atoms with Gasteiger partial charge in [-0.05, 0) is 38.6 Å². The highest BCUT2D eigenvalue weighted by atomic mass is 35.5. The van der Waals surface area contributed by atoms with Crippen molar-refractivity contribution in [2.75, 3.05) is 20.7 Å². The van der Waals surface area contributed by atoms with E-state index in [0.29, 0.717) is 6.61 Å². The first-order chi connectivity index (χ1) is 8.19. The molecule has 0 amide bonds. The number of esters is 1. The molecule has 1 aromatic rings. The number of halogens is 1. The second kappa shape index (κ2) is 12.1. The van der Waals surface area contributed by atoms with Crippen molar-refractivity contribution in [1.29, 1.82) is 0 Å². The maximum Gasteiger partial charge on any atom is 0.330 e. The third-order valence-corrected chi connectivity index (χ3v) is 1.83. The Labute approximate surface area is 116 Å². The molecule has 0 heterocycles. The zero-order valence-corrected chi connectivity index (χ0v) is 12.0. The normalized spacial score (nSPS) is 9.06. The molecule has 102 valence electrons. The summed E-state index contributed by atoms with van der Waals surface area (Å²) in [5, 5.41) is 2.75. The van der Waals surface area contributed by atoms with Crippen molar-refractivity contribution in [2.24, 2.45) is 0 Å². The van der Waals surface area contributed by atoms with Gasteiger partial charge in [0.05, 0.1) is 6.61 Å². The van der Waals surface area contributed by atoms with Crippen molar-refractivity contribution in [3.8, 4) is 0 Å². The van der Waals surface area contributed by atoms with Gasteiger partial charge in [-0.1, -0.05) is 30.8 Å². The highest BCUT2D eigenvalue weighted by Gasteiger charge is 2.12. The molecule has 2 rings (SSSR count).